The molecule has 0 bridgehead atoms. The van der Waals surface area contributed by atoms with E-state index < -0.39 is 22.3 Å². The van der Waals surface area contributed by atoms with Crippen LogP contribution in [0.2, 0.25) is 0 Å². The second-order valence-corrected chi connectivity index (χ2v) is 8.93. The van der Waals surface area contributed by atoms with Crippen LogP contribution in [0.1, 0.15) is 19.4 Å². The molecule has 23 heavy (non-hydrogen) atoms. The molecule has 0 atom stereocenters. The lowest BCUT2D eigenvalue weighted by Gasteiger charge is -2.43. The van der Waals surface area contributed by atoms with E-state index in [0.717, 1.165) is 9.27 Å². The first-order chi connectivity index (χ1) is 10.8. The molecule has 0 aromatic heterocycles. The van der Waals surface area contributed by atoms with Gasteiger partial charge in [0.2, 0.25) is 0 Å². The maximum Gasteiger partial charge on any atom is 0.434 e. The third kappa shape index (κ3) is 4.11. The van der Waals surface area contributed by atoms with Gasteiger partial charge in [0.15, 0.2) is 0 Å². The van der Waals surface area contributed by atoms with E-state index in [-0.39, 0.29) is 4.91 Å². The lowest BCUT2D eigenvalue weighted by molar-refractivity contribution is -0.131. The molecule has 0 aliphatic carbocycles. The second-order valence-electron chi connectivity index (χ2n) is 4.56. The van der Waals surface area contributed by atoms with Gasteiger partial charge in [-0.3, -0.25) is 0 Å². The van der Waals surface area contributed by atoms with E-state index in [4.69, 9.17) is 4.74 Å². The van der Waals surface area contributed by atoms with Gasteiger partial charge in [0.1, 0.15) is 5.75 Å². The standard InChI is InChI=1S/C16H21NO4S2/c1-5-13-8-10-14(11-9-13)21-16(20)17(22)23(6-2,7-3)12(4)15(18)19/h5,8-11,22H,1,4,6-7H2,2-3H3,(H,18,19). The van der Waals surface area contributed by atoms with E-state index in [1.807, 2.05) is 13.8 Å². The molecule has 5 nitrogen and oxygen atoms in total. The largest absolute Gasteiger partial charge is 0.477 e. The molecule has 1 aromatic carbocycles. The molecule has 0 fully saturated rings. The molecule has 0 spiro atoms. The van der Waals surface area contributed by atoms with Crippen molar-refractivity contribution in [2.24, 2.45) is 0 Å². The fraction of sp³-hybridized carbons (Fsp3) is 0.250. The number of carbonyl (C=O) groups excluding carboxylic acids is 1. The van der Waals surface area contributed by atoms with Crippen molar-refractivity contribution in [3.05, 3.63) is 47.9 Å². The van der Waals surface area contributed by atoms with E-state index in [9.17, 15) is 14.7 Å². The number of thiol groups is 1. The smallest absolute Gasteiger partial charge is 0.434 e. The summed E-state index contributed by atoms with van der Waals surface area (Å²) in [5.41, 5.74) is 0.897. The second kappa shape index (κ2) is 8.12. The van der Waals surface area contributed by atoms with Crippen LogP contribution in [0, 0.1) is 0 Å². The highest BCUT2D eigenvalue weighted by Gasteiger charge is 2.37. The monoisotopic (exact) mass is 355 g/mol. The summed E-state index contributed by atoms with van der Waals surface area (Å²) in [7, 11) is -2.15. The van der Waals surface area contributed by atoms with Crippen molar-refractivity contribution in [2.75, 3.05) is 11.5 Å². The van der Waals surface area contributed by atoms with Gasteiger partial charge >= 0.3 is 12.1 Å². The number of benzene rings is 1. The minimum absolute atomic E-state index is 0.0172. The van der Waals surface area contributed by atoms with Crippen molar-refractivity contribution in [3.8, 4) is 5.75 Å². The molecule has 0 radical (unpaired) electrons. The van der Waals surface area contributed by atoms with Crippen LogP contribution in [0.4, 0.5) is 4.79 Å². The summed E-state index contributed by atoms with van der Waals surface area (Å²) in [6.45, 7) is 10.9. The quantitative estimate of drug-likeness (QED) is 0.564. The topological polar surface area (TPSA) is 66.8 Å². The predicted molar refractivity (Wildman–Crippen MR) is 98.8 cm³/mol. The minimum Gasteiger partial charge on any atom is -0.477 e. The molecule has 0 aliphatic rings. The Morgan fingerprint density at radius 3 is 2.22 bits per heavy atom. The first-order valence-corrected chi connectivity index (χ1v) is 9.29. The van der Waals surface area contributed by atoms with E-state index in [1.54, 1.807) is 30.3 Å². The first-order valence-electron chi connectivity index (χ1n) is 6.96. The van der Waals surface area contributed by atoms with Gasteiger partial charge in [-0.05, 0) is 42.0 Å². The number of nitrogens with zero attached hydrogens (tertiary/aromatic N) is 1. The van der Waals surface area contributed by atoms with Gasteiger partial charge in [-0.25, -0.2) is 13.3 Å². The van der Waals surface area contributed by atoms with Gasteiger partial charge in [0.05, 0.1) is 4.91 Å². The molecule has 0 saturated carbocycles. The maximum atomic E-state index is 12.4. The minimum atomic E-state index is -2.15. The summed E-state index contributed by atoms with van der Waals surface area (Å²) in [6, 6.07) is 6.79. The fourth-order valence-corrected chi connectivity index (χ4v) is 5.50. The number of hydrogen-bond donors (Lipinski definition) is 2. The first kappa shape index (κ1) is 19.2. The van der Waals surface area contributed by atoms with Crippen LogP contribution in [0.3, 0.4) is 0 Å². The Morgan fingerprint density at radius 1 is 1.30 bits per heavy atom. The number of carboxylic acids is 1. The Bertz CT molecular complexity index is 609. The molecule has 0 saturated heterocycles. The molecule has 0 unspecified atom stereocenters. The Kier molecular flexibility index (Phi) is 6.78. The number of amides is 1. The zero-order valence-electron chi connectivity index (χ0n) is 13.2. The van der Waals surface area contributed by atoms with Gasteiger partial charge in [0, 0.05) is 0 Å². The summed E-state index contributed by atoms with van der Waals surface area (Å²) < 4.78 is 6.37. The molecule has 7 heteroatoms. The van der Waals surface area contributed by atoms with Crippen LogP contribution in [0.5, 0.6) is 5.75 Å². The van der Waals surface area contributed by atoms with Gasteiger partial charge in [-0.15, -0.1) is 10.2 Å². The lowest BCUT2D eigenvalue weighted by Crippen LogP contribution is -2.33. The SMILES string of the molecule is C=Cc1ccc(OC(=O)N(S)S(CC)(CC)C(=C)C(=O)O)cc1. The van der Waals surface area contributed by atoms with Crippen LogP contribution in [0.15, 0.2) is 42.3 Å². The van der Waals surface area contributed by atoms with E-state index in [1.165, 1.54) is 0 Å². The zero-order valence-corrected chi connectivity index (χ0v) is 14.9. The van der Waals surface area contributed by atoms with E-state index in [2.05, 4.69) is 26.0 Å². The normalized spacial score (nSPS) is 11.4. The molecule has 1 aromatic rings. The Balaban J connectivity index is 3.00. The maximum absolute atomic E-state index is 12.4. The number of rotatable bonds is 7. The summed E-state index contributed by atoms with van der Waals surface area (Å²) in [5, 5.41) is 9.26. The fourth-order valence-electron chi connectivity index (χ4n) is 2.02. The Hall–Kier alpha value is -1.86. The number of aliphatic carboxylic acids is 1. The highest BCUT2D eigenvalue weighted by Crippen LogP contribution is 2.58. The van der Waals surface area contributed by atoms with Crippen LogP contribution in [-0.2, 0) is 4.79 Å². The van der Waals surface area contributed by atoms with Crippen molar-refractivity contribution < 1.29 is 19.4 Å². The van der Waals surface area contributed by atoms with Crippen LogP contribution >= 0.6 is 23.0 Å². The molecule has 0 aliphatic heterocycles. The Morgan fingerprint density at radius 2 is 1.83 bits per heavy atom. The van der Waals surface area contributed by atoms with Crippen molar-refractivity contribution in [3.63, 3.8) is 0 Å². The summed E-state index contributed by atoms with van der Waals surface area (Å²) in [6.07, 6.45) is 0.956. The lowest BCUT2D eigenvalue weighted by atomic mass is 10.2. The molecular weight excluding hydrogens is 334 g/mol. The molecule has 1 N–H and O–H groups in total. The zero-order chi connectivity index (χ0) is 17.6. The highest BCUT2D eigenvalue weighted by atomic mass is 32.3. The van der Waals surface area contributed by atoms with Gasteiger partial charge in [-0.1, -0.05) is 45.2 Å². The van der Waals surface area contributed by atoms with E-state index in [0.29, 0.717) is 17.3 Å². The van der Waals surface area contributed by atoms with Gasteiger partial charge in [-0.2, -0.15) is 0 Å². The molecular formula is C16H21NO4S2. The Labute approximate surface area is 143 Å². The predicted octanol–water partition coefficient (Wildman–Crippen LogP) is 4.33. The van der Waals surface area contributed by atoms with Crippen LogP contribution in [-0.4, -0.2) is 32.4 Å². The highest BCUT2D eigenvalue weighted by molar-refractivity contribution is 8.39. The van der Waals surface area contributed by atoms with Crippen molar-refractivity contribution >= 4 is 41.2 Å². The van der Waals surface area contributed by atoms with Crippen molar-refractivity contribution in [1.82, 2.24) is 3.71 Å². The molecule has 0 heterocycles. The summed E-state index contributed by atoms with van der Waals surface area (Å²) in [4.78, 5) is 23.7. The van der Waals surface area contributed by atoms with Crippen molar-refractivity contribution in [1.29, 1.82) is 0 Å². The van der Waals surface area contributed by atoms with Crippen molar-refractivity contribution in [2.45, 2.75) is 13.8 Å². The molecule has 1 amide bonds. The average Bonchev–Trinajstić information content (AvgIpc) is 2.56. The third-order valence-electron chi connectivity index (χ3n) is 3.46. The molecule has 1 rings (SSSR count). The third-order valence-corrected chi connectivity index (χ3v) is 8.37. The molecule has 126 valence electrons. The summed E-state index contributed by atoms with van der Waals surface area (Å²) in [5.74, 6) is 0.0811. The number of carbonyl (C=O) groups is 2. The van der Waals surface area contributed by atoms with Gasteiger partial charge < -0.3 is 9.84 Å². The average molecular weight is 355 g/mol. The summed E-state index contributed by atoms with van der Waals surface area (Å²) >= 11 is 4.22. The van der Waals surface area contributed by atoms with Crippen LogP contribution in [0.25, 0.3) is 6.08 Å². The van der Waals surface area contributed by atoms with E-state index >= 15 is 0 Å². The number of carboxylic acid groups (broad SMARTS) is 1. The number of hydrogen-bond acceptors (Lipinski definition) is 4. The van der Waals surface area contributed by atoms with Crippen LogP contribution < -0.4 is 4.74 Å². The van der Waals surface area contributed by atoms with Gasteiger partial charge in [0.25, 0.3) is 0 Å². The number of ether oxygens (including phenoxy) is 1.